The Labute approximate surface area is 121 Å². The Hall–Kier alpha value is -2.08. The summed E-state index contributed by atoms with van der Waals surface area (Å²) in [6.07, 6.45) is 1.47. The van der Waals surface area contributed by atoms with Crippen LogP contribution in [0.4, 0.5) is 4.79 Å². The first-order chi connectivity index (χ1) is 9.56. The van der Waals surface area contributed by atoms with E-state index in [1.807, 2.05) is 19.9 Å². The molecule has 0 aliphatic rings. The van der Waals surface area contributed by atoms with Crippen molar-refractivity contribution in [3.05, 3.63) is 46.0 Å². The van der Waals surface area contributed by atoms with Gasteiger partial charge in [-0.1, -0.05) is 0 Å². The molecule has 20 heavy (non-hydrogen) atoms. The summed E-state index contributed by atoms with van der Waals surface area (Å²) in [6.45, 7) is 4.18. The Balaban J connectivity index is 1.93. The normalized spacial score (nSPS) is 10.6. The van der Waals surface area contributed by atoms with Gasteiger partial charge in [0.2, 0.25) is 5.78 Å². The number of ketones is 1. The lowest BCUT2D eigenvalue weighted by atomic mass is 10.2. The maximum atomic E-state index is 12.0. The number of urea groups is 1. The predicted molar refractivity (Wildman–Crippen MR) is 77.0 cm³/mol. The summed E-state index contributed by atoms with van der Waals surface area (Å²) in [4.78, 5) is 25.0. The van der Waals surface area contributed by atoms with Crippen LogP contribution in [-0.2, 0) is 6.54 Å². The van der Waals surface area contributed by atoms with Crippen molar-refractivity contribution in [1.29, 1.82) is 0 Å². The molecule has 0 saturated heterocycles. The number of thiophene rings is 1. The number of nitrogens with one attached hydrogen (secondary N) is 2. The van der Waals surface area contributed by atoms with Crippen molar-refractivity contribution in [3.63, 3.8) is 0 Å². The summed E-state index contributed by atoms with van der Waals surface area (Å²) < 4.78 is 5.08. The Kier molecular flexibility index (Phi) is 4.57. The molecular formula is C14H16N2O3S. The molecule has 2 rings (SSSR count). The van der Waals surface area contributed by atoms with Gasteiger partial charge >= 0.3 is 6.03 Å². The molecule has 2 heterocycles. The second-order valence-electron chi connectivity index (χ2n) is 4.55. The van der Waals surface area contributed by atoms with Gasteiger partial charge in [0.1, 0.15) is 0 Å². The van der Waals surface area contributed by atoms with Gasteiger partial charge in [-0.3, -0.25) is 4.79 Å². The summed E-state index contributed by atoms with van der Waals surface area (Å²) in [5.41, 5.74) is 0. The lowest BCUT2D eigenvalue weighted by Gasteiger charge is -2.08. The first-order valence-corrected chi connectivity index (χ1v) is 7.09. The molecule has 0 unspecified atom stereocenters. The number of carbonyl (C=O) groups excluding carboxylic acids is 2. The fourth-order valence-electron chi connectivity index (χ4n) is 1.60. The Morgan fingerprint density at radius 1 is 1.30 bits per heavy atom. The molecule has 0 fully saturated rings. The highest BCUT2D eigenvalue weighted by atomic mass is 32.1. The van der Waals surface area contributed by atoms with E-state index in [0.29, 0.717) is 17.2 Å². The van der Waals surface area contributed by atoms with Crippen molar-refractivity contribution < 1.29 is 14.0 Å². The molecule has 106 valence electrons. The molecule has 6 heteroatoms. The minimum Gasteiger partial charge on any atom is -0.461 e. The number of carbonyl (C=O) groups is 2. The average Bonchev–Trinajstić information content (AvgIpc) is 3.06. The summed E-state index contributed by atoms with van der Waals surface area (Å²) in [7, 11) is 0. The third-order valence-electron chi connectivity index (χ3n) is 2.47. The van der Waals surface area contributed by atoms with Crippen LogP contribution in [0.2, 0.25) is 0 Å². The van der Waals surface area contributed by atoms with Gasteiger partial charge in [-0.25, -0.2) is 4.79 Å². The van der Waals surface area contributed by atoms with Crippen molar-refractivity contribution in [2.45, 2.75) is 26.4 Å². The van der Waals surface area contributed by atoms with Crippen molar-refractivity contribution in [1.82, 2.24) is 10.6 Å². The van der Waals surface area contributed by atoms with Gasteiger partial charge in [0.25, 0.3) is 0 Å². The van der Waals surface area contributed by atoms with Crippen molar-refractivity contribution in [2.24, 2.45) is 0 Å². The maximum Gasteiger partial charge on any atom is 0.315 e. The van der Waals surface area contributed by atoms with E-state index in [1.54, 1.807) is 18.2 Å². The summed E-state index contributed by atoms with van der Waals surface area (Å²) in [6, 6.07) is 6.76. The Morgan fingerprint density at radius 3 is 2.75 bits per heavy atom. The summed E-state index contributed by atoms with van der Waals surface area (Å²) in [5.74, 6) is 0.182. The van der Waals surface area contributed by atoms with E-state index in [2.05, 4.69) is 10.6 Å². The van der Waals surface area contributed by atoms with E-state index in [1.165, 1.54) is 17.6 Å². The fraction of sp³-hybridized carbons (Fsp3) is 0.286. The smallest absolute Gasteiger partial charge is 0.315 e. The molecule has 0 aliphatic carbocycles. The molecular weight excluding hydrogens is 276 g/mol. The molecule has 0 aliphatic heterocycles. The molecule has 0 spiro atoms. The van der Waals surface area contributed by atoms with Crippen LogP contribution >= 0.6 is 11.3 Å². The average molecular weight is 292 g/mol. The standard InChI is InChI=1S/C14H16N2O3S/c1-9(2)16-14(18)15-8-10-5-6-12(20-10)13(17)11-4-3-7-19-11/h3-7,9H,8H2,1-2H3,(H2,15,16,18). The van der Waals surface area contributed by atoms with Crippen LogP contribution in [0.15, 0.2) is 34.9 Å². The molecule has 0 saturated carbocycles. The van der Waals surface area contributed by atoms with Crippen molar-refractivity contribution in [2.75, 3.05) is 0 Å². The predicted octanol–water partition coefficient (Wildman–Crippen LogP) is 2.78. The fourth-order valence-corrected chi connectivity index (χ4v) is 2.50. The van der Waals surface area contributed by atoms with Crippen LogP contribution < -0.4 is 10.6 Å². The van der Waals surface area contributed by atoms with E-state index in [9.17, 15) is 9.59 Å². The number of hydrogen-bond donors (Lipinski definition) is 2. The molecule has 0 radical (unpaired) electrons. The highest BCUT2D eigenvalue weighted by Gasteiger charge is 2.14. The minimum absolute atomic E-state index is 0.0921. The van der Waals surface area contributed by atoms with Crippen LogP contribution in [0.1, 0.15) is 34.2 Å². The molecule has 2 N–H and O–H groups in total. The van der Waals surface area contributed by atoms with Crippen molar-refractivity contribution >= 4 is 23.2 Å². The highest BCUT2D eigenvalue weighted by Crippen LogP contribution is 2.20. The Morgan fingerprint density at radius 2 is 2.10 bits per heavy atom. The summed E-state index contributed by atoms with van der Waals surface area (Å²) in [5, 5.41) is 5.48. The van der Waals surface area contributed by atoms with Crippen LogP contribution in [0, 0.1) is 0 Å². The quantitative estimate of drug-likeness (QED) is 0.832. The number of amides is 2. The molecule has 2 amide bonds. The van der Waals surface area contributed by atoms with E-state index in [0.717, 1.165) is 4.88 Å². The molecule has 0 aromatic carbocycles. The second kappa shape index (κ2) is 6.38. The Bertz CT molecular complexity index is 587. The third kappa shape index (κ3) is 3.71. The monoisotopic (exact) mass is 292 g/mol. The SMILES string of the molecule is CC(C)NC(=O)NCc1ccc(C(=O)c2ccco2)s1. The van der Waals surface area contributed by atoms with Crippen molar-refractivity contribution in [3.8, 4) is 0 Å². The summed E-state index contributed by atoms with van der Waals surface area (Å²) >= 11 is 1.35. The van der Waals surface area contributed by atoms with Crippen LogP contribution in [0.3, 0.4) is 0 Å². The maximum absolute atomic E-state index is 12.0. The van der Waals surface area contributed by atoms with Crippen LogP contribution in [-0.4, -0.2) is 17.9 Å². The lowest BCUT2D eigenvalue weighted by Crippen LogP contribution is -2.38. The zero-order valence-corrected chi connectivity index (χ0v) is 12.1. The zero-order valence-electron chi connectivity index (χ0n) is 11.3. The number of hydrogen-bond acceptors (Lipinski definition) is 4. The second-order valence-corrected chi connectivity index (χ2v) is 5.72. The van der Waals surface area contributed by atoms with Gasteiger partial charge in [0, 0.05) is 10.9 Å². The van der Waals surface area contributed by atoms with Crippen LogP contribution in [0.5, 0.6) is 0 Å². The molecule has 5 nitrogen and oxygen atoms in total. The largest absolute Gasteiger partial charge is 0.461 e. The van der Waals surface area contributed by atoms with Gasteiger partial charge in [-0.05, 0) is 38.1 Å². The van der Waals surface area contributed by atoms with E-state index in [4.69, 9.17) is 4.42 Å². The first kappa shape index (κ1) is 14.3. The number of furan rings is 1. The molecule has 2 aromatic heterocycles. The van der Waals surface area contributed by atoms with E-state index >= 15 is 0 Å². The zero-order chi connectivity index (χ0) is 14.5. The van der Waals surface area contributed by atoms with Crippen LogP contribution in [0.25, 0.3) is 0 Å². The van der Waals surface area contributed by atoms with E-state index in [-0.39, 0.29) is 17.9 Å². The van der Waals surface area contributed by atoms with E-state index < -0.39 is 0 Å². The van der Waals surface area contributed by atoms with Gasteiger partial charge in [0.15, 0.2) is 5.76 Å². The molecule has 2 aromatic rings. The minimum atomic E-state index is -0.215. The topological polar surface area (TPSA) is 71.3 Å². The number of rotatable bonds is 5. The molecule has 0 bridgehead atoms. The van der Waals surface area contributed by atoms with Gasteiger partial charge in [-0.2, -0.15) is 0 Å². The van der Waals surface area contributed by atoms with Gasteiger partial charge < -0.3 is 15.1 Å². The van der Waals surface area contributed by atoms with Gasteiger partial charge in [0.05, 0.1) is 17.7 Å². The first-order valence-electron chi connectivity index (χ1n) is 6.27. The van der Waals surface area contributed by atoms with Gasteiger partial charge in [-0.15, -0.1) is 11.3 Å². The lowest BCUT2D eigenvalue weighted by molar-refractivity contribution is 0.101. The third-order valence-corrected chi connectivity index (χ3v) is 3.56. The highest BCUT2D eigenvalue weighted by molar-refractivity contribution is 7.14. The molecule has 0 atom stereocenters.